The van der Waals surface area contributed by atoms with Crippen molar-refractivity contribution in [1.29, 1.82) is 0 Å². The van der Waals surface area contributed by atoms with E-state index in [4.69, 9.17) is 0 Å². The Morgan fingerprint density at radius 2 is 1.83 bits per heavy atom. The first kappa shape index (κ1) is 12.4. The van der Waals surface area contributed by atoms with E-state index in [0.29, 0.717) is 0 Å². The van der Waals surface area contributed by atoms with Gasteiger partial charge in [0.2, 0.25) is 0 Å². The van der Waals surface area contributed by atoms with Gasteiger partial charge in [-0.15, -0.1) is 0 Å². The van der Waals surface area contributed by atoms with Crippen LogP contribution in [-0.2, 0) is 0 Å². The topological polar surface area (TPSA) is 24.9 Å². The molecule has 0 spiro atoms. The molecule has 0 amide bonds. The van der Waals surface area contributed by atoms with Crippen molar-refractivity contribution in [2.45, 2.75) is 13.8 Å². The quantitative estimate of drug-likeness (QED) is 0.871. The van der Waals surface area contributed by atoms with Crippen molar-refractivity contribution in [3.8, 4) is 0 Å². The number of nitrogens with zero attached hydrogens (tertiary/aromatic N) is 1. The number of pyridine rings is 1. The number of aryl methyl sites for hydroxylation is 1. The zero-order chi connectivity index (χ0) is 12.8. The molecule has 0 unspecified atom stereocenters. The van der Waals surface area contributed by atoms with E-state index < -0.39 is 0 Å². The number of hydrogen-bond donors (Lipinski definition) is 1. The fourth-order valence-electron chi connectivity index (χ4n) is 1.75. The molecule has 2 rings (SSSR count). The minimum Gasteiger partial charge on any atom is -0.385 e. The maximum atomic E-state index is 4.44. The molecule has 1 heterocycles. The largest absolute Gasteiger partial charge is 0.385 e. The van der Waals surface area contributed by atoms with E-state index in [-0.39, 0.29) is 0 Å². The van der Waals surface area contributed by atoms with Gasteiger partial charge in [0.05, 0.1) is 5.69 Å². The van der Waals surface area contributed by atoms with Crippen LogP contribution in [0, 0.1) is 6.92 Å². The first-order valence-corrected chi connectivity index (χ1v) is 6.23. The highest BCUT2D eigenvalue weighted by molar-refractivity contribution is 5.69. The molecule has 0 bridgehead atoms. The zero-order valence-corrected chi connectivity index (χ0v) is 10.9. The average molecular weight is 238 g/mol. The Bertz CT molecular complexity index is 527. The van der Waals surface area contributed by atoms with Crippen LogP contribution in [0.5, 0.6) is 0 Å². The highest BCUT2D eigenvalue weighted by Gasteiger charge is 1.91. The lowest BCUT2D eigenvalue weighted by Gasteiger charge is -2.02. The monoisotopic (exact) mass is 238 g/mol. The molecule has 18 heavy (non-hydrogen) atoms. The van der Waals surface area contributed by atoms with Crippen LogP contribution >= 0.6 is 0 Å². The van der Waals surface area contributed by atoms with Crippen molar-refractivity contribution >= 4 is 17.8 Å². The Morgan fingerprint density at radius 3 is 2.50 bits per heavy atom. The molecule has 1 N–H and O–H groups in total. The van der Waals surface area contributed by atoms with E-state index in [0.717, 1.165) is 23.6 Å². The Kier molecular flexibility index (Phi) is 4.13. The molecule has 1 aromatic carbocycles. The van der Waals surface area contributed by atoms with Crippen molar-refractivity contribution in [2.24, 2.45) is 0 Å². The highest BCUT2D eigenvalue weighted by Crippen LogP contribution is 2.12. The van der Waals surface area contributed by atoms with Gasteiger partial charge in [0.25, 0.3) is 0 Å². The maximum absolute atomic E-state index is 4.44. The lowest BCUT2D eigenvalue weighted by atomic mass is 10.1. The van der Waals surface area contributed by atoms with Gasteiger partial charge in [-0.1, -0.05) is 24.3 Å². The molecule has 2 nitrogen and oxygen atoms in total. The van der Waals surface area contributed by atoms with Crippen LogP contribution in [0.25, 0.3) is 12.2 Å². The molecule has 0 aliphatic heterocycles. The molecule has 0 radical (unpaired) electrons. The van der Waals surface area contributed by atoms with Gasteiger partial charge in [0.15, 0.2) is 0 Å². The minimum absolute atomic E-state index is 0.947. The fourth-order valence-corrected chi connectivity index (χ4v) is 1.75. The van der Waals surface area contributed by atoms with Crippen molar-refractivity contribution in [2.75, 3.05) is 11.9 Å². The van der Waals surface area contributed by atoms with Gasteiger partial charge in [0.1, 0.15) is 0 Å². The zero-order valence-electron chi connectivity index (χ0n) is 10.9. The normalized spacial score (nSPS) is 10.8. The second kappa shape index (κ2) is 6.01. The molecular formula is C16H18N2. The predicted molar refractivity (Wildman–Crippen MR) is 78.5 cm³/mol. The van der Waals surface area contributed by atoms with Gasteiger partial charge >= 0.3 is 0 Å². The number of anilines is 1. The summed E-state index contributed by atoms with van der Waals surface area (Å²) in [4.78, 5) is 4.44. The standard InChI is InChI=1S/C16H18N2/c1-3-17-15-10-7-14(8-11-15)9-12-16-6-4-5-13(2)18-16/h4-12,17H,3H2,1-2H3. The van der Waals surface area contributed by atoms with Gasteiger partial charge < -0.3 is 5.32 Å². The van der Waals surface area contributed by atoms with E-state index in [9.17, 15) is 0 Å². The van der Waals surface area contributed by atoms with E-state index in [1.165, 1.54) is 5.56 Å². The van der Waals surface area contributed by atoms with Gasteiger partial charge in [-0.25, -0.2) is 0 Å². The summed E-state index contributed by atoms with van der Waals surface area (Å²) in [6.45, 7) is 5.04. The molecule has 0 aliphatic carbocycles. The minimum atomic E-state index is 0.947. The smallest absolute Gasteiger partial charge is 0.0633 e. The summed E-state index contributed by atoms with van der Waals surface area (Å²) in [6.07, 6.45) is 4.12. The summed E-state index contributed by atoms with van der Waals surface area (Å²) >= 11 is 0. The van der Waals surface area contributed by atoms with E-state index in [2.05, 4.69) is 47.6 Å². The van der Waals surface area contributed by atoms with Gasteiger partial charge in [-0.05, 0) is 49.8 Å². The average Bonchev–Trinajstić information content (AvgIpc) is 2.38. The maximum Gasteiger partial charge on any atom is 0.0633 e. The molecule has 0 aliphatic rings. The molecule has 0 saturated carbocycles. The molecule has 0 fully saturated rings. The predicted octanol–water partition coefficient (Wildman–Crippen LogP) is 3.99. The number of hydrogen-bond acceptors (Lipinski definition) is 2. The first-order valence-electron chi connectivity index (χ1n) is 6.23. The number of aromatic nitrogens is 1. The van der Waals surface area contributed by atoms with Crippen LogP contribution in [-0.4, -0.2) is 11.5 Å². The van der Waals surface area contributed by atoms with Crippen molar-refractivity contribution in [3.05, 3.63) is 59.4 Å². The number of nitrogens with one attached hydrogen (secondary N) is 1. The van der Waals surface area contributed by atoms with Crippen LogP contribution in [0.4, 0.5) is 5.69 Å². The molecule has 0 saturated heterocycles. The Hall–Kier alpha value is -2.09. The van der Waals surface area contributed by atoms with Crippen molar-refractivity contribution < 1.29 is 0 Å². The summed E-state index contributed by atoms with van der Waals surface area (Å²) in [5.74, 6) is 0. The second-order valence-corrected chi connectivity index (χ2v) is 4.19. The molecule has 2 aromatic rings. The Labute approximate surface area is 108 Å². The number of benzene rings is 1. The first-order chi connectivity index (χ1) is 8.78. The SMILES string of the molecule is CCNc1ccc(C=Cc2cccc(C)n2)cc1. The Morgan fingerprint density at radius 1 is 1.06 bits per heavy atom. The van der Waals surface area contributed by atoms with E-state index in [1.54, 1.807) is 0 Å². The summed E-state index contributed by atoms with van der Waals surface area (Å²) in [6, 6.07) is 14.4. The van der Waals surface area contributed by atoms with Crippen LogP contribution < -0.4 is 5.32 Å². The van der Waals surface area contributed by atoms with Crippen molar-refractivity contribution in [3.63, 3.8) is 0 Å². The van der Waals surface area contributed by atoms with E-state index in [1.807, 2.05) is 31.2 Å². The summed E-state index contributed by atoms with van der Waals surface area (Å²) in [7, 11) is 0. The van der Waals surface area contributed by atoms with Crippen LogP contribution in [0.2, 0.25) is 0 Å². The van der Waals surface area contributed by atoms with Crippen LogP contribution in [0.15, 0.2) is 42.5 Å². The molecule has 0 atom stereocenters. The molecule has 2 heteroatoms. The molecule has 92 valence electrons. The van der Waals surface area contributed by atoms with Crippen molar-refractivity contribution in [1.82, 2.24) is 4.98 Å². The van der Waals surface area contributed by atoms with Gasteiger partial charge in [-0.2, -0.15) is 0 Å². The third kappa shape index (κ3) is 3.45. The van der Waals surface area contributed by atoms with Crippen LogP contribution in [0.3, 0.4) is 0 Å². The Balaban J connectivity index is 2.09. The second-order valence-electron chi connectivity index (χ2n) is 4.19. The number of rotatable bonds is 4. The molecule has 1 aromatic heterocycles. The molecular weight excluding hydrogens is 220 g/mol. The lowest BCUT2D eigenvalue weighted by Crippen LogP contribution is -1.95. The van der Waals surface area contributed by atoms with E-state index >= 15 is 0 Å². The summed E-state index contributed by atoms with van der Waals surface area (Å²) in [5.41, 5.74) is 4.37. The summed E-state index contributed by atoms with van der Waals surface area (Å²) in [5, 5.41) is 3.28. The van der Waals surface area contributed by atoms with Crippen LogP contribution in [0.1, 0.15) is 23.9 Å². The highest BCUT2D eigenvalue weighted by atomic mass is 14.8. The van der Waals surface area contributed by atoms with Gasteiger partial charge in [0, 0.05) is 17.9 Å². The summed E-state index contributed by atoms with van der Waals surface area (Å²) < 4.78 is 0. The fraction of sp³-hybridized carbons (Fsp3) is 0.188. The third-order valence-electron chi connectivity index (χ3n) is 2.65. The van der Waals surface area contributed by atoms with Gasteiger partial charge in [-0.3, -0.25) is 4.98 Å². The lowest BCUT2D eigenvalue weighted by molar-refractivity contribution is 1.18. The third-order valence-corrected chi connectivity index (χ3v) is 2.65.